The Hall–Kier alpha value is -3.86. The molecule has 0 saturated carbocycles. The van der Waals surface area contributed by atoms with Crippen molar-refractivity contribution < 1.29 is 27.0 Å². The van der Waals surface area contributed by atoms with Crippen molar-refractivity contribution in [3.63, 3.8) is 0 Å². The predicted octanol–water partition coefficient (Wildman–Crippen LogP) is 3.59. The number of nitrogens with zero attached hydrogens (tertiary/aromatic N) is 3. The molecule has 4 rings (SSSR count). The van der Waals surface area contributed by atoms with Crippen molar-refractivity contribution in [2.75, 3.05) is 32.8 Å². The highest BCUT2D eigenvalue weighted by molar-refractivity contribution is 7.90. The van der Waals surface area contributed by atoms with Gasteiger partial charge in [0.1, 0.15) is 21.4 Å². The average molecular weight is 530 g/mol. The molecule has 0 amide bonds. The van der Waals surface area contributed by atoms with E-state index in [0.29, 0.717) is 40.4 Å². The van der Waals surface area contributed by atoms with Gasteiger partial charge in [-0.25, -0.2) is 22.6 Å². The Labute approximate surface area is 214 Å². The highest BCUT2D eigenvalue weighted by atomic mass is 32.2. The van der Waals surface area contributed by atoms with Crippen LogP contribution in [0.5, 0.6) is 17.4 Å². The smallest absolute Gasteiger partial charge is 0.329 e. The standard InChI is InChI=1S/C26H28FN3O6S/c1-6-36-25-23(35-4)13-11-18(28-25)21(15-37(5,32)33)30-19-12-10-16(14-20(19)29(2)26(30)31)24-17(27)8-7-9-22(24)34-3/h7-14,21H,6,15H2,1-5H3. The molecule has 0 aliphatic heterocycles. The Bertz CT molecular complexity index is 1630. The minimum absolute atomic E-state index is 0.197. The highest BCUT2D eigenvalue weighted by Gasteiger charge is 2.27. The number of aryl methyl sites for hydroxylation is 1. The molecule has 1 unspecified atom stereocenters. The van der Waals surface area contributed by atoms with Crippen LogP contribution in [0.4, 0.5) is 4.39 Å². The third kappa shape index (κ3) is 5.04. The van der Waals surface area contributed by atoms with Gasteiger partial charge < -0.3 is 14.2 Å². The average Bonchev–Trinajstić information content (AvgIpc) is 3.11. The summed E-state index contributed by atoms with van der Waals surface area (Å²) in [5.41, 5.74) is 1.61. The van der Waals surface area contributed by atoms with Gasteiger partial charge in [0, 0.05) is 13.3 Å². The maximum atomic E-state index is 14.8. The Morgan fingerprint density at radius 1 is 1.03 bits per heavy atom. The molecule has 2 aromatic heterocycles. The van der Waals surface area contributed by atoms with Crippen molar-refractivity contribution in [3.05, 3.63) is 70.5 Å². The van der Waals surface area contributed by atoms with Crippen molar-refractivity contribution in [2.24, 2.45) is 7.05 Å². The number of ether oxygens (including phenoxy) is 3. The third-order valence-corrected chi connectivity index (χ3v) is 6.96. The largest absolute Gasteiger partial charge is 0.496 e. The minimum atomic E-state index is -3.55. The van der Waals surface area contributed by atoms with Crippen LogP contribution >= 0.6 is 0 Å². The molecule has 0 fully saturated rings. The van der Waals surface area contributed by atoms with Gasteiger partial charge >= 0.3 is 5.69 Å². The van der Waals surface area contributed by atoms with Crippen LogP contribution in [0.1, 0.15) is 18.7 Å². The van der Waals surface area contributed by atoms with Crippen LogP contribution < -0.4 is 19.9 Å². The van der Waals surface area contributed by atoms with E-state index in [9.17, 15) is 17.6 Å². The molecule has 196 valence electrons. The summed E-state index contributed by atoms with van der Waals surface area (Å²) >= 11 is 0. The van der Waals surface area contributed by atoms with E-state index >= 15 is 0 Å². The van der Waals surface area contributed by atoms with E-state index in [-0.39, 0.29) is 17.2 Å². The van der Waals surface area contributed by atoms with E-state index in [0.717, 1.165) is 6.26 Å². The molecule has 0 spiro atoms. The molecule has 0 bridgehead atoms. The number of rotatable bonds is 9. The number of methoxy groups -OCH3 is 2. The summed E-state index contributed by atoms with van der Waals surface area (Å²) < 4.78 is 58.7. The van der Waals surface area contributed by atoms with Crippen molar-refractivity contribution in [2.45, 2.75) is 13.0 Å². The molecule has 9 nitrogen and oxygen atoms in total. The van der Waals surface area contributed by atoms with E-state index in [4.69, 9.17) is 14.2 Å². The molecule has 2 aromatic carbocycles. The van der Waals surface area contributed by atoms with Crippen molar-refractivity contribution in [3.8, 4) is 28.5 Å². The number of hydrogen-bond donors (Lipinski definition) is 0. The lowest BCUT2D eigenvalue weighted by molar-refractivity contribution is 0.296. The molecule has 37 heavy (non-hydrogen) atoms. The lowest BCUT2D eigenvalue weighted by Crippen LogP contribution is -2.31. The molecule has 0 N–H and O–H groups in total. The number of halogens is 1. The predicted molar refractivity (Wildman–Crippen MR) is 139 cm³/mol. The van der Waals surface area contributed by atoms with Crippen molar-refractivity contribution >= 4 is 20.9 Å². The van der Waals surface area contributed by atoms with Gasteiger partial charge in [0.2, 0.25) is 0 Å². The van der Waals surface area contributed by atoms with Gasteiger partial charge in [0.25, 0.3) is 5.88 Å². The fraction of sp³-hybridized carbons (Fsp3) is 0.308. The van der Waals surface area contributed by atoms with Crippen LogP contribution in [0.25, 0.3) is 22.2 Å². The zero-order chi connectivity index (χ0) is 26.9. The third-order valence-electron chi connectivity index (χ3n) is 6.03. The summed E-state index contributed by atoms with van der Waals surface area (Å²) in [6.45, 7) is 2.11. The molecular weight excluding hydrogens is 501 g/mol. The lowest BCUT2D eigenvalue weighted by atomic mass is 10.0. The maximum absolute atomic E-state index is 14.8. The van der Waals surface area contributed by atoms with E-state index in [1.54, 1.807) is 56.4 Å². The van der Waals surface area contributed by atoms with E-state index < -0.39 is 27.4 Å². The lowest BCUT2D eigenvalue weighted by Gasteiger charge is -2.19. The summed E-state index contributed by atoms with van der Waals surface area (Å²) in [6.07, 6.45) is 1.10. The van der Waals surface area contributed by atoms with Gasteiger partial charge in [0.05, 0.1) is 54.9 Å². The molecule has 0 radical (unpaired) electrons. The summed E-state index contributed by atoms with van der Waals surface area (Å²) in [5.74, 6) is 0.0917. The van der Waals surface area contributed by atoms with Gasteiger partial charge in [-0.3, -0.25) is 9.13 Å². The van der Waals surface area contributed by atoms with Crippen LogP contribution in [0.15, 0.2) is 53.3 Å². The summed E-state index contributed by atoms with van der Waals surface area (Å²) in [5, 5.41) is 0. The fourth-order valence-electron chi connectivity index (χ4n) is 4.38. The number of imidazole rings is 1. The number of benzene rings is 2. The molecule has 0 aliphatic carbocycles. The first-order valence-corrected chi connectivity index (χ1v) is 13.5. The van der Waals surface area contributed by atoms with Gasteiger partial charge in [0.15, 0.2) is 5.75 Å². The maximum Gasteiger partial charge on any atom is 0.329 e. The molecule has 0 saturated heterocycles. The van der Waals surface area contributed by atoms with Crippen LogP contribution in [0.3, 0.4) is 0 Å². The number of sulfone groups is 1. The summed E-state index contributed by atoms with van der Waals surface area (Å²) in [7, 11) is 0.960. The monoisotopic (exact) mass is 529 g/mol. The van der Waals surface area contributed by atoms with E-state index in [2.05, 4.69) is 4.98 Å². The quantitative estimate of drug-likeness (QED) is 0.327. The molecule has 11 heteroatoms. The van der Waals surface area contributed by atoms with E-state index in [1.165, 1.54) is 29.4 Å². The van der Waals surface area contributed by atoms with Crippen LogP contribution in [0, 0.1) is 5.82 Å². The fourth-order valence-corrected chi connectivity index (χ4v) is 5.27. The number of pyridine rings is 1. The Balaban J connectivity index is 1.95. The van der Waals surface area contributed by atoms with Gasteiger partial charge in [-0.1, -0.05) is 12.1 Å². The Morgan fingerprint density at radius 3 is 2.41 bits per heavy atom. The summed E-state index contributed by atoms with van der Waals surface area (Å²) in [4.78, 5) is 18.0. The molecule has 1 atom stereocenters. The Morgan fingerprint density at radius 2 is 1.76 bits per heavy atom. The Kier molecular flexibility index (Phi) is 7.26. The van der Waals surface area contributed by atoms with Crippen molar-refractivity contribution in [1.82, 2.24) is 14.1 Å². The molecule has 0 aliphatic rings. The topological polar surface area (TPSA) is 102 Å². The van der Waals surface area contributed by atoms with Crippen LogP contribution in [-0.2, 0) is 16.9 Å². The number of hydrogen-bond acceptors (Lipinski definition) is 7. The second kappa shape index (κ2) is 10.3. The van der Waals surface area contributed by atoms with E-state index in [1.807, 2.05) is 0 Å². The second-order valence-electron chi connectivity index (χ2n) is 8.52. The van der Waals surface area contributed by atoms with Crippen LogP contribution in [0.2, 0.25) is 0 Å². The number of fused-ring (bicyclic) bond motifs is 1. The normalized spacial score (nSPS) is 12.5. The number of aromatic nitrogens is 3. The zero-order valence-electron chi connectivity index (χ0n) is 21.2. The summed E-state index contributed by atoms with van der Waals surface area (Å²) in [6, 6.07) is 11.8. The highest BCUT2D eigenvalue weighted by Crippen LogP contribution is 2.35. The molecule has 4 aromatic rings. The van der Waals surface area contributed by atoms with Crippen molar-refractivity contribution in [1.29, 1.82) is 0 Å². The minimum Gasteiger partial charge on any atom is -0.496 e. The second-order valence-corrected chi connectivity index (χ2v) is 10.7. The molecule has 2 heterocycles. The molecular formula is C26H28FN3O6S. The van der Waals surface area contributed by atoms with Gasteiger partial charge in [-0.2, -0.15) is 0 Å². The first-order valence-electron chi connectivity index (χ1n) is 11.5. The first kappa shape index (κ1) is 26.2. The SMILES string of the molecule is CCOc1nc(C(CS(C)(=O)=O)n2c(=O)n(C)c3cc(-c4c(F)cccc4OC)ccc32)ccc1OC. The first-order chi connectivity index (χ1) is 17.6. The van der Waals surface area contributed by atoms with Gasteiger partial charge in [-0.05, 0) is 48.9 Å². The van der Waals surface area contributed by atoms with Crippen LogP contribution in [-0.4, -0.2) is 55.4 Å². The van der Waals surface area contributed by atoms with Gasteiger partial charge in [-0.15, -0.1) is 0 Å². The zero-order valence-corrected chi connectivity index (χ0v) is 22.0.